The van der Waals surface area contributed by atoms with E-state index >= 15 is 0 Å². The number of nitro benzene ring substituents is 1. The first-order valence-corrected chi connectivity index (χ1v) is 5.80. The maximum absolute atomic E-state index is 11.2. The summed E-state index contributed by atoms with van der Waals surface area (Å²) in [5.74, 6) is 0.394. The number of carbonyl (C=O) groups is 1. The molecule has 0 spiro atoms. The number of ether oxygens (including phenoxy) is 1. The van der Waals surface area contributed by atoms with Gasteiger partial charge in [0.25, 0.3) is 5.69 Å². The molecule has 0 fully saturated rings. The molecule has 1 aromatic carbocycles. The molecule has 0 unspecified atom stereocenters. The monoisotopic (exact) mass is 260 g/mol. The Labute approximate surface area is 109 Å². The number of fused-ring (bicyclic) bond motifs is 1. The third-order valence-electron chi connectivity index (χ3n) is 2.69. The lowest BCUT2D eigenvalue weighted by Gasteiger charge is -2.08. The SMILES string of the molecule is CCC(=O)COc1ccc([N+](=O)[O-])c2ncccc12. The number of ketones is 1. The second kappa shape index (κ2) is 5.43. The van der Waals surface area contributed by atoms with E-state index in [9.17, 15) is 14.9 Å². The Kier molecular flexibility index (Phi) is 3.70. The van der Waals surface area contributed by atoms with Crippen molar-refractivity contribution in [2.45, 2.75) is 13.3 Å². The van der Waals surface area contributed by atoms with Crippen molar-refractivity contribution >= 4 is 22.4 Å². The number of carbonyl (C=O) groups excluding carboxylic acids is 1. The Hall–Kier alpha value is -2.50. The lowest BCUT2D eigenvalue weighted by atomic mass is 10.1. The molecule has 0 atom stereocenters. The van der Waals surface area contributed by atoms with Crippen molar-refractivity contribution in [3.05, 3.63) is 40.6 Å². The number of benzene rings is 1. The second-order valence-corrected chi connectivity index (χ2v) is 3.92. The van der Waals surface area contributed by atoms with Crippen LogP contribution >= 0.6 is 0 Å². The highest BCUT2D eigenvalue weighted by atomic mass is 16.6. The Bertz CT molecular complexity index is 640. The number of pyridine rings is 1. The third kappa shape index (κ3) is 2.67. The Morgan fingerprint density at radius 2 is 2.21 bits per heavy atom. The average Bonchev–Trinajstić information content (AvgIpc) is 2.43. The standard InChI is InChI=1S/C13H12N2O4/c1-2-9(16)8-19-12-6-5-11(15(17)18)13-10(12)4-3-7-14-13/h3-7H,2,8H2,1H3. The number of nitro groups is 1. The van der Waals surface area contributed by atoms with Crippen LogP contribution in [0.25, 0.3) is 10.9 Å². The number of aromatic nitrogens is 1. The van der Waals surface area contributed by atoms with Crippen LogP contribution in [0.1, 0.15) is 13.3 Å². The summed E-state index contributed by atoms with van der Waals surface area (Å²) < 4.78 is 5.39. The Morgan fingerprint density at radius 1 is 1.42 bits per heavy atom. The van der Waals surface area contributed by atoms with E-state index in [4.69, 9.17) is 4.74 Å². The summed E-state index contributed by atoms with van der Waals surface area (Å²) in [6, 6.07) is 6.17. The summed E-state index contributed by atoms with van der Waals surface area (Å²) in [5.41, 5.74) is 0.179. The molecule has 0 aliphatic heterocycles. The molecule has 0 amide bonds. The highest BCUT2D eigenvalue weighted by Crippen LogP contribution is 2.31. The van der Waals surface area contributed by atoms with Gasteiger partial charge in [-0.1, -0.05) is 6.92 Å². The molecule has 2 rings (SSSR count). The Morgan fingerprint density at radius 3 is 2.89 bits per heavy atom. The molecule has 1 aromatic heterocycles. The van der Waals surface area contributed by atoms with Crippen LogP contribution in [-0.2, 0) is 4.79 Å². The van der Waals surface area contributed by atoms with Gasteiger partial charge in [0, 0.05) is 24.1 Å². The normalized spacial score (nSPS) is 10.4. The molecule has 0 saturated carbocycles. The molecule has 1 heterocycles. The summed E-state index contributed by atoms with van der Waals surface area (Å²) in [7, 11) is 0. The zero-order valence-electron chi connectivity index (χ0n) is 10.3. The van der Waals surface area contributed by atoms with Gasteiger partial charge in [-0.2, -0.15) is 0 Å². The number of non-ortho nitro benzene ring substituents is 1. The zero-order valence-corrected chi connectivity index (χ0v) is 10.3. The van der Waals surface area contributed by atoms with E-state index < -0.39 is 4.92 Å². The Balaban J connectivity index is 2.44. The van der Waals surface area contributed by atoms with Crippen molar-refractivity contribution in [3.63, 3.8) is 0 Å². The summed E-state index contributed by atoms with van der Waals surface area (Å²) in [6.45, 7) is 1.71. The molecular formula is C13H12N2O4. The van der Waals surface area contributed by atoms with Gasteiger partial charge < -0.3 is 4.74 Å². The van der Waals surface area contributed by atoms with E-state index in [2.05, 4.69) is 4.98 Å². The second-order valence-electron chi connectivity index (χ2n) is 3.92. The van der Waals surface area contributed by atoms with Crippen molar-refractivity contribution in [1.29, 1.82) is 0 Å². The maximum Gasteiger partial charge on any atom is 0.295 e. The molecule has 0 N–H and O–H groups in total. The zero-order chi connectivity index (χ0) is 13.8. The van der Waals surface area contributed by atoms with Gasteiger partial charge in [-0.15, -0.1) is 0 Å². The van der Waals surface area contributed by atoms with Gasteiger partial charge in [0.1, 0.15) is 12.4 Å². The first kappa shape index (κ1) is 12.9. The molecule has 0 saturated heterocycles. The summed E-state index contributed by atoms with van der Waals surface area (Å²) in [6.07, 6.45) is 1.87. The van der Waals surface area contributed by atoms with Gasteiger partial charge in [-0.05, 0) is 18.2 Å². The van der Waals surface area contributed by atoms with Crippen LogP contribution in [0.3, 0.4) is 0 Å². The third-order valence-corrected chi connectivity index (χ3v) is 2.69. The van der Waals surface area contributed by atoms with Crippen LogP contribution in [-0.4, -0.2) is 22.3 Å². The van der Waals surface area contributed by atoms with Gasteiger partial charge in [-0.25, -0.2) is 4.98 Å². The van der Waals surface area contributed by atoms with E-state index in [-0.39, 0.29) is 23.6 Å². The van der Waals surface area contributed by atoms with Crippen molar-refractivity contribution in [1.82, 2.24) is 4.98 Å². The van der Waals surface area contributed by atoms with E-state index in [1.165, 1.54) is 18.3 Å². The first-order chi connectivity index (χ1) is 9.13. The predicted octanol–water partition coefficient (Wildman–Crippen LogP) is 2.50. The molecule has 2 aromatic rings. The molecule has 6 heteroatoms. The number of nitrogens with zero attached hydrogens (tertiary/aromatic N) is 2. The van der Waals surface area contributed by atoms with Gasteiger partial charge in [0.05, 0.1) is 4.92 Å². The smallest absolute Gasteiger partial charge is 0.295 e. The molecule has 0 radical (unpaired) electrons. The molecule has 0 aliphatic carbocycles. The summed E-state index contributed by atoms with van der Waals surface area (Å²) in [4.78, 5) is 25.7. The maximum atomic E-state index is 11.2. The van der Waals surface area contributed by atoms with Gasteiger partial charge in [-0.3, -0.25) is 14.9 Å². The van der Waals surface area contributed by atoms with Crippen LogP contribution in [0.5, 0.6) is 5.75 Å². The van der Waals surface area contributed by atoms with Gasteiger partial charge in [0.15, 0.2) is 11.3 Å². The predicted molar refractivity (Wildman–Crippen MR) is 69.2 cm³/mol. The fourth-order valence-electron chi connectivity index (χ4n) is 1.67. The largest absolute Gasteiger partial charge is 0.485 e. The van der Waals surface area contributed by atoms with Crippen LogP contribution in [0.2, 0.25) is 0 Å². The van der Waals surface area contributed by atoms with E-state index in [0.29, 0.717) is 17.6 Å². The molecule has 0 bridgehead atoms. The molecule has 19 heavy (non-hydrogen) atoms. The molecule has 6 nitrogen and oxygen atoms in total. The topological polar surface area (TPSA) is 82.3 Å². The number of Topliss-reactive ketones (excluding diaryl/α,β-unsaturated/α-hetero) is 1. The van der Waals surface area contributed by atoms with E-state index in [0.717, 1.165) is 0 Å². The number of hydrogen-bond acceptors (Lipinski definition) is 5. The van der Waals surface area contributed by atoms with E-state index in [1.807, 2.05) is 0 Å². The molecule has 98 valence electrons. The van der Waals surface area contributed by atoms with Crippen LogP contribution < -0.4 is 4.74 Å². The number of rotatable bonds is 5. The van der Waals surface area contributed by atoms with E-state index in [1.54, 1.807) is 19.1 Å². The summed E-state index contributed by atoms with van der Waals surface area (Å²) >= 11 is 0. The molecule has 0 aliphatic rings. The van der Waals surface area contributed by atoms with Crippen LogP contribution in [0.15, 0.2) is 30.5 Å². The van der Waals surface area contributed by atoms with Crippen molar-refractivity contribution in [2.75, 3.05) is 6.61 Å². The van der Waals surface area contributed by atoms with Crippen LogP contribution in [0.4, 0.5) is 5.69 Å². The van der Waals surface area contributed by atoms with Crippen molar-refractivity contribution in [2.24, 2.45) is 0 Å². The average molecular weight is 260 g/mol. The van der Waals surface area contributed by atoms with Gasteiger partial charge in [0.2, 0.25) is 0 Å². The highest BCUT2D eigenvalue weighted by Gasteiger charge is 2.16. The highest BCUT2D eigenvalue weighted by molar-refractivity contribution is 5.92. The van der Waals surface area contributed by atoms with Crippen molar-refractivity contribution in [3.8, 4) is 5.75 Å². The molecular weight excluding hydrogens is 248 g/mol. The lowest BCUT2D eigenvalue weighted by Crippen LogP contribution is -2.09. The van der Waals surface area contributed by atoms with Gasteiger partial charge >= 0.3 is 0 Å². The fraction of sp³-hybridized carbons (Fsp3) is 0.231. The van der Waals surface area contributed by atoms with Crippen LogP contribution in [0, 0.1) is 10.1 Å². The minimum absolute atomic E-state index is 0.0320. The minimum Gasteiger partial charge on any atom is -0.485 e. The fourth-order valence-corrected chi connectivity index (χ4v) is 1.67. The van der Waals surface area contributed by atoms with Crippen molar-refractivity contribution < 1.29 is 14.5 Å². The minimum atomic E-state index is -0.490. The number of hydrogen-bond donors (Lipinski definition) is 0. The summed E-state index contributed by atoms with van der Waals surface area (Å²) in [5, 5.41) is 11.4. The quantitative estimate of drug-likeness (QED) is 0.609. The lowest BCUT2D eigenvalue weighted by molar-refractivity contribution is -0.383. The first-order valence-electron chi connectivity index (χ1n) is 5.80.